The zero-order chi connectivity index (χ0) is 25.4. The van der Waals surface area contributed by atoms with Gasteiger partial charge in [-0.15, -0.1) is 0 Å². The molecule has 4 rings (SSSR count). The molecule has 2 aromatic rings. The topological polar surface area (TPSA) is 63.0 Å². The molecule has 0 aromatic heterocycles. The fraction of sp³-hybridized carbons (Fsp3) is 0.464. The molecule has 1 saturated heterocycles. The lowest BCUT2D eigenvalue weighted by Gasteiger charge is -2.63. The third-order valence-corrected chi connectivity index (χ3v) is 7.94. The van der Waals surface area contributed by atoms with E-state index in [1.54, 1.807) is 18.2 Å². The van der Waals surface area contributed by atoms with Crippen molar-refractivity contribution in [3.63, 3.8) is 0 Å². The maximum atomic E-state index is 13.1. The summed E-state index contributed by atoms with van der Waals surface area (Å²) in [5.41, 5.74) is 1.47. The monoisotopic (exact) mass is 493 g/mol. The number of nitrogens with zero attached hydrogens (tertiary/aromatic N) is 2. The third-order valence-electron chi connectivity index (χ3n) is 7.64. The average molecular weight is 494 g/mol. The number of benzene rings is 2. The van der Waals surface area contributed by atoms with Crippen LogP contribution in [0.1, 0.15) is 50.9 Å². The molecule has 1 heterocycles. The van der Waals surface area contributed by atoms with E-state index in [1.165, 1.54) is 0 Å². The Hall–Kier alpha value is -3.04. The van der Waals surface area contributed by atoms with Crippen molar-refractivity contribution in [1.82, 2.24) is 5.32 Å². The summed E-state index contributed by atoms with van der Waals surface area (Å²) in [4.78, 5) is 29.8. The van der Waals surface area contributed by atoms with Crippen LogP contribution in [0.5, 0.6) is 5.75 Å². The molecular formula is C28H32ClN3O3. The minimum atomic E-state index is -0.313. The Morgan fingerprint density at radius 2 is 1.74 bits per heavy atom. The van der Waals surface area contributed by atoms with Gasteiger partial charge in [0.1, 0.15) is 18.1 Å². The molecule has 2 aromatic carbocycles. The molecule has 184 valence electrons. The molecule has 1 aliphatic heterocycles. The van der Waals surface area contributed by atoms with Crippen LogP contribution in [-0.4, -0.2) is 37.4 Å². The number of aldehydes is 1. The zero-order valence-electron chi connectivity index (χ0n) is 20.7. The highest BCUT2D eigenvalue weighted by molar-refractivity contribution is 6.33. The number of rotatable bonds is 6. The fourth-order valence-electron chi connectivity index (χ4n) is 5.92. The number of hydrogen-bond acceptors (Lipinski definition) is 4. The van der Waals surface area contributed by atoms with Crippen LogP contribution < -0.4 is 15.0 Å². The number of nitrogens with one attached hydrogen (secondary N) is 1. The van der Waals surface area contributed by atoms with E-state index in [0.717, 1.165) is 37.9 Å². The smallest absolute Gasteiger partial charge is 0.251 e. The number of ether oxygens (including phenoxy) is 1. The summed E-state index contributed by atoms with van der Waals surface area (Å²) < 4.78 is 6.31. The van der Waals surface area contributed by atoms with E-state index in [-0.39, 0.29) is 34.8 Å². The maximum absolute atomic E-state index is 13.1. The number of amides is 1. The predicted molar refractivity (Wildman–Crippen MR) is 138 cm³/mol. The van der Waals surface area contributed by atoms with E-state index >= 15 is 0 Å². The Morgan fingerprint density at radius 1 is 1.11 bits per heavy atom. The van der Waals surface area contributed by atoms with Crippen molar-refractivity contribution < 1.29 is 14.3 Å². The molecule has 0 atom stereocenters. The number of halogens is 1. The molecule has 1 N–H and O–H groups in total. The molecule has 0 bridgehead atoms. The van der Waals surface area contributed by atoms with Crippen molar-refractivity contribution >= 4 is 35.2 Å². The quantitative estimate of drug-likeness (QED) is 0.401. The van der Waals surface area contributed by atoms with Gasteiger partial charge in [-0.3, -0.25) is 4.79 Å². The van der Waals surface area contributed by atoms with Crippen molar-refractivity contribution in [3.05, 3.63) is 64.5 Å². The average Bonchev–Trinajstić information content (AvgIpc) is 2.85. The van der Waals surface area contributed by atoms with E-state index in [0.29, 0.717) is 22.0 Å². The summed E-state index contributed by atoms with van der Waals surface area (Å²) >= 11 is 6.19. The Labute approximate surface area is 212 Å². The van der Waals surface area contributed by atoms with E-state index in [1.807, 2.05) is 24.3 Å². The van der Waals surface area contributed by atoms with E-state index < -0.39 is 0 Å². The van der Waals surface area contributed by atoms with Crippen LogP contribution >= 0.6 is 11.6 Å². The zero-order valence-corrected chi connectivity index (χ0v) is 21.4. The second kappa shape index (κ2) is 9.54. The number of carbonyl (C=O) groups excluding carboxylic acids is 2. The Morgan fingerprint density at radius 3 is 2.29 bits per heavy atom. The highest BCUT2D eigenvalue weighted by Gasteiger charge is 2.64. The van der Waals surface area contributed by atoms with E-state index in [2.05, 4.69) is 42.8 Å². The van der Waals surface area contributed by atoms with Crippen LogP contribution in [0.25, 0.3) is 4.85 Å². The molecule has 0 unspecified atom stereocenters. The molecule has 6 nitrogen and oxygen atoms in total. The normalized spacial score (nSPS) is 23.0. The lowest BCUT2D eigenvalue weighted by Crippen LogP contribution is -2.74. The van der Waals surface area contributed by atoms with Gasteiger partial charge in [-0.05, 0) is 49.2 Å². The van der Waals surface area contributed by atoms with Gasteiger partial charge in [0.05, 0.1) is 11.6 Å². The van der Waals surface area contributed by atoms with E-state index in [9.17, 15) is 9.59 Å². The van der Waals surface area contributed by atoms with Crippen molar-refractivity contribution in [2.24, 2.45) is 16.7 Å². The number of anilines is 1. The molecule has 1 saturated carbocycles. The molecule has 1 aliphatic carbocycles. The Kier molecular flexibility index (Phi) is 6.83. The molecule has 7 heteroatoms. The summed E-state index contributed by atoms with van der Waals surface area (Å²) in [6, 6.07) is 12.7. The number of hydrogen-bond donors (Lipinski definition) is 1. The minimum Gasteiger partial charge on any atom is -0.489 e. The molecule has 35 heavy (non-hydrogen) atoms. The van der Waals surface area contributed by atoms with Gasteiger partial charge in [-0.2, -0.15) is 0 Å². The first-order valence-corrected chi connectivity index (χ1v) is 12.4. The molecular weight excluding hydrogens is 462 g/mol. The molecule has 2 fully saturated rings. The van der Waals surface area contributed by atoms with E-state index in [4.69, 9.17) is 22.9 Å². The van der Waals surface area contributed by atoms with Crippen molar-refractivity contribution in [3.8, 4) is 5.75 Å². The Bertz CT molecular complexity index is 1130. The van der Waals surface area contributed by atoms with Gasteiger partial charge in [0.25, 0.3) is 5.91 Å². The largest absolute Gasteiger partial charge is 0.489 e. The van der Waals surface area contributed by atoms with Crippen LogP contribution in [-0.2, 0) is 4.79 Å². The van der Waals surface area contributed by atoms with Crippen molar-refractivity contribution in [2.75, 3.05) is 18.0 Å². The summed E-state index contributed by atoms with van der Waals surface area (Å²) in [6.07, 6.45) is 2.66. The maximum Gasteiger partial charge on any atom is 0.251 e. The standard InChI is InChI=1S/C28H32ClN3O3/c1-27(2)25(28(3,4)26(27)35-21-10-11-23(30-5)22(29)16-21)31-24(34)19-6-8-20(9-7-19)32-14-12-18(17-33)13-15-32/h6-11,16-18,25-26H,12-15H2,1-4H3,(H,31,34). The first-order valence-electron chi connectivity index (χ1n) is 12.0. The fourth-order valence-corrected chi connectivity index (χ4v) is 6.13. The molecule has 1 amide bonds. The minimum absolute atomic E-state index is 0.0902. The Balaban J connectivity index is 1.41. The lowest BCUT2D eigenvalue weighted by molar-refractivity contribution is -0.164. The van der Waals surface area contributed by atoms with Crippen LogP contribution in [0.15, 0.2) is 42.5 Å². The van der Waals surface area contributed by atoms with Crippen LogP contribution in [0.4, 0.5) is 11.4 Å². The first-order chi connectivity index (χ1) is 16.6. The first kappa shape index (κ1) is 25.1. The van der Waals surface area contributed by atoms with Gasteiger partial charge >= 0.3 is 0 Å². The lowest BCUT2D eigenvalue weighted by atomic mass is 9.49. The van der Waals surface area contributed by atoms with Crippen molar-refractivity contribution in [2.45, 2.75) is 52.7 Å². The summed E-state index contributed by atoms with van der Waals surface area (Å²) in [7, 11) is 0. The highest BCUT2D eigenvalue weighted by Crippen LogP contribution is 2.55. The summed E-state index contributed by atoms with van der Waals surface area (Å²) in [5.74, 6) is 0.671. The van der Waals surface area contributed by atoms with Gasteiger partial charge in [0, 0.05) is 47.1 Å². The third kappa shape index (κ3) is 4.75. The number of carbonyl (C=O) groups is 2. The molecule has 0 spiro atoms. The van der Waals surface area contributed by atoms with Gasteiger partial charge in [-0.25, -0.2) is 4.85 Å². The number of piperidine rings is 1. The van der Waals surface area contributed by atoms with Gasteiger partial charge in [-0.1, -0.05) is 45.4 Å². The SMILES string of the molecule is [C-]#[N+]c1ccc(OC2C(C)(C)C(NC(=O)c3ccc(N4CCC(C=O)CC4)cc3)C2(C)C)cc1Cl. The summed E-state index contributed by atoms with van der Waals surface area (Å²) in [6.45, 7) is 17.2. The van der Waals surface area contributed by atoms with Gasteiger partial charge in [0.2, 0.25) is 5.69 Å². The second-order valence-electron chi connectivity index (χ2n) is 10.8. The second-order valence-corrected chi connectivity index (χ2v) is 11.2. The van der Waals surface area contributed by atoms with Crippen molar-refractivity contribution in [1.29, 1.82) is 0 Å². The molecule has 0 radical (unpaired) electrons. The molecule has 2 aliphatic rings. The predicted octanol–water partition coefficient (Wildman–Crippen LogP) is 5.92. The highest BCUT2D eigenvalue weighted by atomic mass is 35.5. The van der Waals surface area contributed by atoms with Gasteiger partial charge < -0.3 is 19.7 Å². The van der Waals surface area contributed by atoms with Crippen LogP contribution in [0.2, 0.25) is 5.02 Å². The van der Waals surface area contributed by atoms with Gasteiger partial charge in [0.15, 0.2) is 0 Å². The summed E-state index contributed by atoms with van der Waals surface area (Å²) in [5, 5.41) is 3.60. The van der Waals surface area contributed by atoms with Crippen LogP contribution in [0, 0.1) is 23.3 Å². The van der Waals surface area contributed by atoms with Crippen LogP contribution in [0.3, 0.4) is 0 Å².